The van der Waals surface area contributed by atoms with Crippen molar-refractivity contribution in [2.45, 2.75) is 13.0 Å². The summed E-state index contributed by atoms with van der Waals surface area (Å²) in [5, 5.41) is 3.15. The Morgan fingerprint density at radius 3 is 2.37 bits per heavy atom. The van der Waals surface area contributed by atoms with E-state index in [1.54, 1.807) is 0 Å². The van der Waals surface area contributed by atoms with Gasteiger partial charge in [-0.05, 0) is 42.3 Å². The van der Waals surface area contributed by atoms with Crippen LogP contribution in [0.15, 0.2) is 42.5 Å². The molecule has 0 saturated carbocycles. The average Bonchev–Trinajstić information content (AvgIpc) is 2.89. The Hall–Kier alpha value is -2.00. The fourth-order valence-corrected chi connectivity index (χ4v) is 2.27. The number of fused-ring (bicyclic) bond motifs is 1. The first-order chi connectivity index (χ1) is 9.35. The minimum atomic E-state index is 0.331. The third-order valence-electron chi connectivity index (χ3n) is 3.25. The lowest BCUT2D eigenvalue weighted by Crippen LogP contribution is -2.04. The standard InChI is InChI=1S/C16H17NO2/c1-17-10-13-4-2-12(3-5-13)8-14-6-7-15-16(9-14)19-11-18-15/h2-7,9,17H,8,10-11H2,1H3. The van der Waals surface area contributed by atoms with Crippen molar-refractivity contribution >= 4 is 0 Å². The quantitative estimate of drug-likeness (QED) is 0.911. The molecule has 2 aromatic carbocycles. The van der Waals surface area contributed by atoms with Gasteiger partial charge in [0, 0.05) is 6.54 Å². The molecule has 0 aliphatic carbocycles. The highest BCUT2D eigenvalue weighted by molar-refractivity contribution is 5.45. The smallest absolute Gasteiger partial charge is 0.231 e. The fraction of sp³-hybridized carbons (Fsp3) is 0.250. The monoisotopic (exact) mass is 255 g/mol. The summed E-state index contributed by atoms with van der Waals surface area (Å²) in [5.74, 6) is 1.69. The molecule has 1 N–H and O–H groups in total. The van der Waals surface area contributed by atoms with Crippen molar-refractivity contribution in [2.24, 2.45) is 0 Å². The van der Waals surface area contributed by atoms with Crippen LogP contribution >= 0.6 is 0 Å². The van der Waals surface area contributed by atoms with E-state index in [9.17, 15) is 0 Å². The molecule has 19 heavy (non-hydrogen) atoms. The molecule has 0 saturated heterocycles. The zero-order valence-corrected chi connectivity index (χ0v) is 11.0. The van der Waals surface area contributed by atoms with Gasteiger partial charge in [0.1, 0.15) is 0 Å². The van der Waals surface area contributed by atoms with Crippen molar-refractivity contribution in [3.05, 3.63) is 59.2 Å². The molecule has 0 atom stereocenters. The second-order valence-electron chi connectivity index (χ2n) is 4.71. The third-order valence-corrected chi connectivity index (χ3v) is 3.25. The van der Waals surface area contributed by atoms with Crippen LogP contribution in [0.5, 0.6) is 11.5 Å². The Morgan fingerprint density at radius 2 is 1.58 bits per heavy atom. The van der Waals surface area contributed by atoms with Crippen LogP contribution in [-0.4, -0.2) is 13.8 Å². The van der Waals surface area contributed by atoms with Crippen molar-refractivity contribution < 1.29 is 9.47 Å². The predicted molar refractivity (Wildman–Crippen MR) is 74.6 cm³/mol. The second-order valence-corrected chi connectivity index (χ2v) is 4.71. The van der Waals surface area contributed by atoms with Crippen LogP contribution in [0.1, 0.15) is 16.7 Å². The minimum absolute atomic E-state index is 0.331. The van der Waals surface area contributed by atoms with E-state index in [-0.39, 0.29) is 0 Å². The molecular formula is C16H17NO2. The highest BCUT2D eigenvalue weighted by Crippen LogP contribution is 2.33. The molecule has 1 aliphatic rings. The van der Waals surface area contributed by atoms with Gasteiger partial charge in [0.25, 0.3) is 0 Å². The van der Waals surface area contributed by atoms with Crippen LogP contribution in [-0.2, 0) is 13.0 Å². The van der Waals surface area contributed by atoms with Crippen LogP contribution in [0.25, 0.3) is 0 Å². The zero-order chi connectivity index (χ0) is 13.1. The Bertz CT molecular complexity index is 563. The molecule has 0 radical (unpaired) electrons. The normalized spacial score (nSPS) is 12.7. The number of nitrogens with one attached hydrogen (secondary N) is 1. The van der Waals surface area contributed by atoms with Gasteiger partial charge < -0.3 is 14.8 Å². The summed E-state index contributed by atoms with van der Waals surface area (Å²) in [6.07, 6.45) is 0.913. The molecule has 2 aromatic rings. The van der Waals surface area contributed by atoms with Crippen molar-refractivity contribution in [3.8, 4) is 11.5 Å². The van der Waals surface area contributed by atoms with Crippen molar-refractivity contribution in [1.82, 2.24) is 5.32 Å². The molecule has 3 heteroatoms. The van der Waals surface area contributed by atoms with Gasteiger partial charge >= 0.3 is 0 Å². The summed E-state index contributed by atoms with van der Waals surface area (Å²) in [4.78, 5) is 0. The van der Waals surface area contributed by atoms with Gasteiger partial charge in [0.15, 0.2) is 11.5 Å². The summed E-state index contributed by atoms with van der Waals surface area (Å²) in [7, 11) is 1.96. The van der Waals surface area contributed by atoms with Crippen LogP contribution in [0.4, 0.5) is 0 Å². The average molecular weight is 255 g/mol. The molecule has 3 nitrogen and oxygen atoms in total. The Balaban J connectivity index is 1.74. The summed E-state index contributed by atoms with van der Waals surface area (Å²) >= 11 is 0. The van der Waals surface area contributed by atoms with E-state index in [0.29, 0.717) is 6.79 Å². The maximum Gasteiger partial charge on any atom is 0.231 e. The van der Waals surface area contributed by atoms with E-state index in [0.717, 1.165) is 24.5 Å². The third kappa shape index (κ3) is 2.71. The topological polar surface area (TPSA) is 30.5 Å². The zero-order valence-electron chi connectivity index (χ0n) is 11.0. The lowest BCUT2D eigenvalue weighted by molar-refractivity contribution is 0.174. The first-order valence-electron chi connectivity index (χ1n) is 6.46. The van der Waals surface area contributed by atoms with Crippen LogP contribution in [0, 0.1) is 0 Å². The van der Waals surface area contributed by atoms with E-state index in [1.807, 2.05) is 13.1 Å². The van der Waals surface area contributed by atoms with Crippen molar-refractivity contribution in [1.29, 1.82) is 0 Å². The molecule has 0 amide bonds. The van der Waals surface area contributed by atoms with Gasteiger partial charge in [0.05, 0.1) is 0 Å². The Kier molecular flexibility index (Phi) is 3.38. The van der Waals surface area contributed by atoms with E-state index in [1.165, 1.54) is 16.7 Å². The number of rotatable bonds is 4. The van der Waals surface area contributed by atoms with Gasteiger partial charge in [0.2, 0.25) is 6.79 Å². The second kappa shape index (κ2) is 5.33. The summed E-state index contributed by atoms with van der Waals surface area (Å²) in [6, 6.07) is 14.8. The molecular weight excluding hydrogens is 238 g/mol. The summed E-state index contributed by atoms with van der Waals surface area (Å²) in [6.45, 7) is 1.24. The molecule has 98 valence electrons. The van der Waals surface area contributed by atoms with E-state index in [2.05, 4.69) is 41.7 Å². The van der Waals surface area contributed by atoms with Gasteiger partial charge in [-0.15, -0.1) is 0 Å². The van der Waals surface area contributed by atoms with Gasteiger partial charge in [-0.2, -0.15) is 0 Å². The van der Waals surface area contributed by atoms with Crippen LogP contribution in [0.3, 0.4) is 0 Å². The number of hydrogen-bond acceptors (Lipinski definition) is 3. The first kappa shape index (κ1) is 12.1. The van der Waals surface area contributed by atoms with Crippen LogP contribution < -0.4 is 14.8 Å². The van der Waals surface area contributed by atoms with Crippen LogP contribution in [0.2, 0.25) is 0 Å². The van der Waals surface area contributed by atoms with E-state index < -0.39 is 0 Å². The van der Waals surface area contributed by atoms with Gasteiger partial charge in [-0.25, -0.2) is 0 Å². The van der Waals surface area contributed by atoms with Gasteiger partial charge in [-0.3, -0.25) is 0 Å². The first-order valence-corrected chi connectivity index (χ1v) is 6.46. The minimum Gasteiger partial charge on any atom is -0.454 e. The number of ether oxygens (including phenoxy) is 2. The number of benzene rings is 2. The molecule has 0 fully saturated rings. The van der Waals surface area contributed by atoms with Crippen molar-refractivity contribution in [2.75, 3.05) is 13.8 Å². The molecule has 0 spiro atoms. The highest BCUT2D eigenvalue weighted by atomic mass is 16.7. The van der Waals surface area contributed by atoms with Gasteiger partial charge in [-0.1, -0.05) is 30.3 Å². The van der Waals surface area contributed by atoms with E-state index >= 15 is 0 Å². The lowest BCUT2D eigenvalue weighted by atomic mass is 10.0. The molecule has 3 rings (SSSR count). The lowest BCUT2D eigenvalue weighted by Gasteiger charge is -2.05. The molecule has 0 bridgehead atoms. The molecule has 1 aliphatic heterocycles. The maximum atomic E-state index is 5.40. The predicted octanol–water partition coefficient (Wildman–Crippen LogP) is 2.73. The molecule has 0 aromatic heterocycles. The highest BCUT2D eigenvalue weighted by Gasteiger charge is 2.13. The molecule has 1 heterocycles. The number of hydrogen-bond donors (Lipinski definition) is 1. The SMILES string of the molecule is CNCc1ccc(Cc2ccc3c(c2)OCO3)cc1. The van der Waals surface area contributed by atoms with E-state index in [4.69, 9.17) is 9.47 Å². The molecule has 0 unspecified atom stereocenters. The summed E-state index contributed by atoms with van der Waals surface area (Å²) < 4.78 is 10.7. The Labute approximate surface area is 113 Å². The fourth-order valence-electron chi connectivity index (χ4n) is 2.27. The maximum absolute atomic E-state index is 5.40. The summed E-state index contributed by atoms with van der Waals surface area (Å²) in [5.41, 5.74) is 3.85. The Morgan fingerprint density at radius 1 is 0.895 bits per heavy atom. The largest absolute Gasteiger partial charge is 0.454 e. The van der Waals surface area contributed by atoms with Crippen molar-refractivity contribution in [3.63, 3.8) is 0 Å².